The first kappa shape index (κ1) is 25.4. The third-order valence-electron chi connectivity index (χ3n) is 6.12. The van der Waals surface area contributed by atoms with Gasteiger partial charge in [0.15, 0.2) is 0 Å². The summed E-state index contributed by atoms with van der Waals surface area (Å²) < 4.78 is 6.68. The Hall–Kier alpha value is -4.67. The van der Waals surface area contributed by atoms with E-state index >= 15 is 0 Å². The number of hydrogen-bond donors (Lipinski definition) is 3. The highest BCUT2D eigenvalue weighted by molar-refractivity contribution is 5.75. The number of benzene rings is 1. The van der Waals surface area contributed by atoms with E-state index in [4.69, 9.17) is 15.5 Å². The second-order valence-electron chi connectivity index (χ2n) is 8.72. The Bertz CT molecular complexity index is 1350. The molecule has 2 aromatic heterocycles. The molecule has 11 nitrogen and oxygen atoms in total. The number of amides is 2. The average Bonchev–Trinajstić information content (AvgIpc) is 3.28. The van der Waals surface area contributed by atoms with Crippen molar-refractivity contribution in [2.75, 3.05) is 10.6 Å². The standard InChI is InChI=1S/C26H30N8O3/c1-4-26(11-6-5-7-12-26)34(18(2)35)16-19-14-28-25(31-21-15-29-33(3)17-21)32-23(19)30-20-9-8-10-22(13-20)37-24(27)36/h5-11,13-15,17H,4,12,16H2,1-3H3,(H2,27,36)(H2,28,30,31,32). The molecule has 2 amide bonds. The molecule has 1 aliphatic rings. The fraction of sp³-hybridized carbons (Fsp3) is 0.269. The van der Waals surface area contributed by atoms with Gasteiger partial charge in [0, 0.05) is 43.7 Å². The number of nitrogens with two attached hydrogens (primary N) is 1. The van der Waals surface area contributed by atoms with E-state index in [-0.39, 0.29) is 18.2 Å². The fourth-order valence-corrected chi connectivity index (χ4v) is 4.26. The first-order valence-corrected chi connectivity index (χ1v) is 11.9. The number of aryl methyl sites for hydroxylation is 1. The zero-order chi connectivity index (χ0) is 26.4. The lowest BCUT2D eigenvalue weighted by molar-refractivity contribution is -0.134. The summed E-state index contributed by atoms with van der Waals surface area (Å²) in [6, 6.07) is 6.79. The summed E-state index contributed by atoms with van der Waals surface area (Å²) in [5.74, 6) is 1.08. The van der Waals surface area contributed by atoms with Crippen LogP contribution in [0.25, 0.3) is 0 Å². The Kier molecular flexibility index (Phi) is 7.52. The number of anilines is 4. The molecular formula is C26H30N8O3. The quantitative estimate of drug-likeness (QED) is 0.396. The summed E-state index contributed by atoms with van der Waals surface area (Å²) in [6.07, 6.45) is 13.8. The van der Waals surface area contributed by atoms with Crippen LogP contribution in [-0.4, -0.2) is 42.2 Å². The average molecular weight is 503 g/mol. The number of rotatable bonds is 9. The first-order valence-electron chi connectivity index (χ1n) is 11.9. The van der Waals surface area contributed by atoms with E-state index < -0.39 is 11.6 Å². The van der Waals surface area contributed by atoms with Crippen molar-refractivity contribution < 1.29 is 14.3 Å². The van der Waals surface area contributed by atoms with Gasteiger partial charge in [0.25, 0.3) is 0 Å². The first-order chi connectivity index (χ1) is 17.8. The number of carbonyl (C=O) groups is 2. The highest BCUT2D eigenvalue weighted by Gasteiger charge is 2.35. The van der Waals surface area contributed by atoms with Gasteiger partial charge in [-0.05, 0) is 25.0 Å². The molecule has 0 bridgehead atoms. The summed E-state index contributed by atoms with van der Waals surface area (Å²) in [6.45, 7) is 3.93. The smallest absolute Gasteiger partial charge is 0.409 e. The summed E-state index contributed by atoms with van der Waals surface area (Å²) in [5, 5.41) is 10.6. The predicted octanol–water partition coefficient (Wildman–Crippen LogP) is 4.17. The summed E-state index contributed by atoms with van der Waals surface area (Å²) in [4.78, 5) is 35.1. The molecule has 2 heterocycles. The molecule has 0 fully saturated rings. The van der Waals surface area contributed by atoms with Crippen molar-refractivity contribution in [1.82, 2.24) is 24.6 Å². The van der Waals surface area contributed by atoms with Gasteiger partial charge in [0.2, 0.25) is 11.9 Å². The maximum absolute atomic E-state index is 12.9. The molecule has 1 unspecified atom stereocenters. The number of carbonyl (C=O) groups excluding carboxylic acids is 2. The molecular weight excluding hydrogens is 472 g/mol. The Balaban J connectivity index is 1.70. The highest BCUT2D eigenvalue weighted by atomic mass is 16.5. The lowest BCUT2D eigenvalue weighted by Gasteiger charge is -2.42. The van der Waals surface area contributed by atoms with E-state index in [0.29, 0.717) is 23.0 Å². The van der Waals surface area contributed by atoms with E-state index in [1.54, 1.807) is 54.5 Å². The van der Waals surface area contributed by atoms with Crippen molar-refractivity contribution >= 4 is 35.1 Å². The number of nitrogens with one attached hydrogen (secondary N) is 2. The normalized spacial score (nSPS) is 16.3. The van der Waals surface area contributed by atoms with Gasteiger partial charge in [-0.3, -0.25) is 9.48 Å². The van der Waals surface area contributed by atoms with Crippen molar-refractivity contribution in [2.45, 2.75) is 38.8 Å². The summed E-state index contributed by atoms with van der Waals surface area (Å²) in [7, 11) is 1.82. The zero-order valence-electron chi connectivity index (χ0n) is 21.0. The predicted molar refractivity (Wildman–Crippen MR) is 141 cm³/mol. The number of ether oxygens (including phenoxy) is 1. The van der Waals surface area contributed by atoms with Gasteiger partial charge in [-0.1, -0.05) is 37.3 Å². The van der Waals surface area contributed by atoms with Crippen LogP contribution in [-0.2, 0) is 18.4 Å². The number of aromatic nitrogens is 4. The molecule has 4 N–H and O–H groups in total. The van der Waals surface area contributed by atoms with Gasteiger partial charge in [0.05, 0.1) is 24.0 Å². The second-order valence-corrected chi connectivity index (χ2v) is 8.72. The topological polar surface area (TPSA) is 140 Å². The molecule has 0 spiro atoms. The molecule has 1 aromatic carbocycles. The maximum Gasteiger partial charge on any atom is 0.409 e. The van der Waals surface area contributed by atoms with Crippen LogP contribution in [0.3, 0.4) is 0 Å². The monoisotopic (exact) mass is 502 g/mol. The van der Waals surface area contributed by atoms with Crippen molar-refractivity contribution in [3.63, 3.8) is 0 Å². The van der Waals surface area contributed by atoms with Gasteiger partial charge in [-0.2, -0.15) is 10.1 Å². The van der Waals surface area contributed by atoms with E-state index in [1.807, 2.05) is 24.1 Å². The van der Waals surface area contributed by atoms with Crippen molar-refractivity contribution in [1.29, 1.82) is 0 Å². The molecule has 3 aromatic rings. The molecule has 11 heteroatoms. The van der Waals surface area contributed by atoms with Crippen LogP contribution >= 0.6 is 0 Å². The molecule has 0 saturated carbocycles. The lowest BCUT2D eigenvalue weighted by atomic mass is 9.86. The van der Waals surface area contributed by atoms with Gasteiger partial charge >= 0.3 is 6.09 Å². The summed E-state index contributed by atoms with van der Waals surface area (Å²) >= 11 is 0. The van der Waals surface area contributed by atoms with Gasteiger partial charge in [-0.15, -0.1) is 0 Å². The molecule has 0 aliphatic heterocycles. The minimum Gasteiger partial charge on any atom is -0.410 e. The maximum atomic E-state index is 12.9. The van der Waals surface area contributed by atoms with E-state index in [1.165, 1.54) is 0 Å². The van der Waals surface area contributed by atoms with Gasteiger partial charge in [0.1, 0.15) is 11.6 Å². The Morgan fingerprint density at radius 2 is 2.05 bits per heavy atom. The van der Waals surface area contributed by atoms with E-state index in [2.05, 4.69) is 39.8 Å². The van der Waals surface area contributed by atoms with Crippen LogP contribution in [0.5, 0.6) is 5.75 Å². The number of hydrogen-bond acceptors (Lipinski definition) is 8. The Labute approximate surface area is 215 Å². The second kappa shape index (κ2) is 10.9. The van der Waals surface area contributed by atoms with Crippen LogP contribution in [0.15, 0.2) is 67.2 Å². The van der Waals surface area contributed by atoms with Crippen LogP contribution in [0.4, 0.5) is 27.9 Å². The van der Waals surface area contributed by atoms with E-state index in [0.717, 1.165) is 18.5 Å². The SMILES string of the molecule is CCC1(N(Cc2cnc(Nc3cnn(C)c3)nc2Nc2cccc(OC(N)=O)c2)C(C)=O)C=CC=CC1. The minimum absolute atomic E-state index is 0.0535. The lowest BCUT2D eigenvalue weighted by Crippen LogP contribution is -2.49. The fourth-order valence-electron chi connectivity index (χ4n) is 4.26. The molecule has 192 valence electrons. The molecule has 4 rings (SSSR count). The molecule has 1 aliphatic carbocycles. The molecule has 0 saturated heterocycles. The number of nitrogens with zero attached hydrogens (tertiary/aromatic N) is 5. The minimum atomic E-state index is -0.903. The Morgan fingerprint density at radius 1 is 1.22 bits per heavy atom. The molecule has 1 atom stereocenters. The van der Waals surface area contributed by atoms with Crippen molar-refractivity contribution in [3.05, 3.63) is 72.7 Å². The largest absolute Gasteiger partial charge is 0.410 e. The van der Waals surface area contributed by atoms with Crippen LogP contribution in [0.2, 0.25) is 0 Å². The third-order valence-corrected chi connectivity index (χ3v) is 6.12. The summed E-state index contributed by atoms with van der Waals surface area (Å²) in [5.41, 5.74) is 6.77. The van der Waals surface area contributed by atoms with Crippen molar-refractivity contribution in [3.8, 4) is 5.75 Å². The number of allylic oxidation sites excluding steroid dienone is 2. The van der Waals surface area contributed by atoms with Crippen molar-refractivity contribution in [2.24, 2.45) is 12.8 Å². The molecule has 0 radical (unpaired) electrons. The Morgan fingerprint density at radius 3 is 2.70 bits per heavy atom. The van der Waals surface area contributed by atoms with Crippen LogP contribution < -0.4 is 21.1 Å². The zero-order valence-corrected chi connectivity index (χ0v) is 21.0. The van der Waals surface area contributed by atoms with E-state index in [9.17, 15) is 9.59 Å². The van der Waals surface area contributed by atoms with Gasteiger partial charge in [-0.25, -0.2) is 9.78 Å². The van der Waals surface area contributed by atoms with Crippen LogP contribution in [0.1, 0.15) is 32.3 Å². The molecule has 37 heavy (non-hydrogen) atoms. The van der Waals surface area contributed by atoms with Crippen LogP contribution in [0, 0.1) is 0 Å². The third kappa shape index (κ3) is 6.13. The van der Waals surface area contributed by atoms with Gasteiger partial charge < -0.3 is 26.0 Å². The highest BCUT2D eigenvalue weighted by Crippen LogP contribution is 2.33. The number of primary amides is 1.